The summed E-state index contributed by atoms with van der Waals surface area (Å²) in [4.78, 5) is 29.9. The third-order valence-corrected chi connectivity index (χ3v) is 6.46. The fraction of sp³-hybridized carbons (Fsp3) is 0.481. The van der Waals surface area contributed by atoms with E-state index in [1.165, 1.54) is 0 Å². The molecule has 0 bridgehead atoms. The molecule has 0 spiro atoms. The second kappa shape index (κ2) is 15.9. The number of carbonyl (C=O) groups is 2. The van der Waals surface area contributed by atoms with E-state index < -0.39 is 0 Å². The average molecular weight is 528 g/mol. The van der Waals surface area contributed by atoms with Crippen molar-refractivity contribution in [1.29, 1.82) is 0 Å². The van der Waals surface area contributed by atoms with E-state index in [0.717, 1.165) is 73.0 Å². The number of halogens is 2. The summed E-state index contributed by atoms with van der Waals surface area (Å²) < 4.78 is 6.07. The molecule has 0 unspecified atom stereocenters. The van der Waals surface area contributed by atoms with E-state index in [4.69, 9.17) is 4.74 Å². The predicted octanol–water partition coefficient (Wildman–Crippen LogP) is 5.23. The summed E-state index contributed by atoms with van der Waals surface area (Å²) >= 11 is 0. The van der Waals surface area contributed by atoms with Crippen molar-refractivity contribution < 1.29 is 19.8 Å². The van der Waals surface area contributed by atoms with Crippen LogP contribution in [0.5, 0.6) is 11.5 Å². The standard InChI is InChI=1S/C27H36N2O3.2ClH.H2O/c1-5-28(6-2)15-13-24(30)20-9-11-26-22(17-20)19-23-18-21(10-12-27(23)32-26)25(31)14-16-29(7-3)8-4;;;/h9-12,17-18H,5-8,13-16,19H2,1-4H3;2*1H;1H2. The van der Waals surface area contributed by atoms with Crippen LogP contribution in [-0.2, 0) is 6.42 Å². The molecule has 3 rings (SSSR count). The Morgan fingerprint density at radius 1 is 0.714 bits per heavy atom. The average Bonchev–Trinajstić information content (AvgIpc) is 2.82. The van der Waals surface area contributed by atoms with Gasteiger partial charge in [0.15, 0.2) is 11.6 Å². The van der Waals surface area contributed by atoms with Gasteiger partial charge in [-0.05, 0) is 62.6 Å². The molecule has 0 saturated heterocycles. The van der Waals surface area contributed by atoms with Gasteiger partial charge in [0.1, 0.15) is 11.5 Å². The largest absolute Gasteiger partial charge is 0.457 e. The zero-order valence-corrected chi connectivity index (χ0v) is 22.9. The summed E-state index contributed by atoms with van der Waals surface area (Å²) in [5.74, 6) is 1.90. The van der Waals surface area contributed by atoms with Crippen molar-refractivity contribution in [1.82, 2.24) is 9.80 Å². The smallest absolute Gasteiger partial charge is 0.164 e. The molecule has 0 radical (unpaired) electrons. The SMILES string of the molecule is CCN(CC)CCC(=O)c1ccc2c(c1)Cc1cc(C(=O)CCN(CC)CC)ccc1O2.Cl.Cl.O. The molecule has 8 heteroatoms. The summed E-state index contributed by atoms with van der Waals surface area (Å²) in [6.07, 6.45) is 1.70. The lowest BCUT2D eigenvalue weighted by molar-refractivity contribution is 0.0958. The quantitative estimate of drug-likeness (QED) is 0.301. The van der Waals surface area contributed by atoms with Crippen LogP contribution in [0.25, 0.3) is 0 Å². The third kappa shape index (κ3) is 8.58. The molecule has 0 amide bonds. The normalized spacial score (nSPS) is 11.4. The van der Waals surface area contributed by atoms with E-state index in [9.17, 15) is 9.59 Å². The first-order chi connectivity index (χ1) is 15.5. The van der Waals surface area contributed by atoms with Crippen LogP contribution in [0.4, 0.5) is 0 Å². The van der Waals surface area contributed by atoms with Crippen LogP contribution < -0.4 is 4.74 Å². The fourth-order valence-corrected chi connectivity index (χ4v) is 4.19. The second-order valence-corrected chi connectivity index (χ2v) is 8.32. The van der Waals surface area contributed by atoms with E-state index in [-0.39, 0.29) is 41.9 Å². The van der Waals surface area contributed by atoms with E-state index >= 15 is 0 Å². The van der Waals surface area contributed by atoms with E-state index in [1.807, 2.05) is 36.4 Å². The number of hydrogen-bond acceptors (Lipinski definition) is 5. The Labute approximate surface area is 222 Å². The van der Waals surface area contributed by atoms with Crippen molar-refractivity contribution >= 4 is 36.4 Å². The van der Waals surface area contributed by atoms with Crippen LogP contribution in [0.15, 0.2) is 36.4 Å². The highest BCUT2D eigenvalue weighted by Crippen LogP contribution is 2.37. The topological polar surface area (TPSA) is 81.4 Å². The first-order valence-electron chi connectivity index (χ1n) is 11.9. The van der Waals surface area contributed by atoms with Crippen molar-refractivity contribution in [3.8, 4) is 11.5 Å². The molecule has 35 heavy (non-hydrogen) atoms. The lowest BCUT2D eigenvalue weighted by Crippen LogP contribution is -2.25. The first-order valence-corrected chi connectivity index (χ1v) is 11.9. The van der Waals surface area contributed by atoms with Gasteiger partial charge in [0.2, 0.25) is 0 Å². The molecule has 2 aromatic rings. The zero-order valence-electron chi connectivity index (χ0n) is 21.3. The third-order valence-electron chi connectivity index (χ3n) is 6.46. The Balaban J connectivity index is 0.00000385. The molecule has 1 aliphatic heterocycles. The van der Waals surface area contributed by atoms with Gasteiger partial charge in [-0.15, -0.1) is 24.8 Å². The van der Waals surface area contributed by atoms with E-state index in [0.29, 0.717) is 19.3 Å². The first kappa shape index (κ1) is 33.0. The molecule has 0 aliphatic carbocycles. The van der Waals surface area contributed by atoms with Crippen LogP contribution >= 0.6 is 24.8 Å². The lowest BCUT2D eigenvalue weighted by atomic mass is 9.94. The summed E-state index contributed by atoms with van der Waals surface area (Å²) in [7, 11) is 0. The van der Waals surface area contributed by atoms with Crippen molar-refractivity contribution in [2.75, 3.05) is 39.3 Å². The van der Waals surface area contributed by atoms with E-state index in [1.54, 1.807) is 0 Å². The van der Waals surface area contributed by atoms with Gasteiger partial charge in [0, 0.05) is 54.6 Å². The minimum absolute atomic E-state index is 0. The van der Waals surface area contributed by atoms with Gasteiger partial charge in [0.05, 0.1) is 0 Å². The Morgan fingerprint density at radius 2 is 1.09 bits per heavy atom. The lowest BCUT2D eigenvalue weighted by Gasteiger charge is -2.22. The maximum Gasteiger partial charge on any atom is 0.164 e. The number of hydrogen-bond donors (Lipinski definition) is 0. The van der Waals surface area contributed by atoms with Gasteiger partial charge < -0.3 is 20.0 Å². The molecule has 196 valence electrons. The molecule has 2 aromatic carbocycles. The molecule has 1 aliphatic rings. The minimum atomic E-state index is 0. The number of nitrogens with zero attached hydrogens (tertiary/aromatic N) is 2. The molecule has 1 heterocycles. The van der Waals surface area contributed by atoms with Gasteiger partial charge in [-0.2, -0.15) is 0 Å². The zero-order chi connectivity index (χ0) is 23.1. The number of ketones is 2. The Morgan fingerprint density at radius 3 is 1.43 bits per heavy atom. The highest BCUT2D eigenvalue weighted by Gasteiger charge is 2.20. The molecular weight excluding hydrogens is 487 g/mol. The van der Waals surface area contributed by atoms with Crippen LogP contribution in [0.3, 0.4) is 0 Å². The number of carbonyl (C=O) groups excluding carboxylic acids is 2. The molecular formula is C27H40Cl2N2O4. The predicted molar refractivity (Wildman–Crippen MR) is 147 cm³/mol. The number of ether oxygens (including phenoxy) is 1. The van der Waals surface area contributed by atoms with Crippen molar-refractivity contribution in [3.05, 3.63) is 58.7 Å². The molecule has 6 nitrogen and oxygen atoms in total. The van der Waals surface area contributed by atoms with Gasteiger partial charge in [-0.25, -0.2) is 0 Å². The summed E-state index contributed by atoms with van der Waals surface area (Å²) in [5, 5.41) is 0. The molecule has 2 N–H and O–H groups in total. The van der Waals surface area contributed by atoms with Crippen molar-refractivity contribution in [2.45, 2.75) is 47.0 Å². The molecule has 0 atom stereocenters. The molecule has 0 aromatic heterocycles. The summed E-state index contributed by atoms with van der Waals surface area (Å²) in [6, 6.07) is 11.4. The fourth-order valence-electron chi connectivity index (χ4n) is 4.19. The van der Waals surface area contributed by atoms with Crippen LogP contribution in [0.2, 0.25) is 0 Å². The van der Waals surface area contributed by atoms with E-state index in [2.05, 4.69) is 37.5 Å². The van der Waals surface area contributed by atoms with Gasteiger partial charge in [-0.1, -0.05) is 27.7 Å². The minimum Gasteiger partial charge on any atom is -0.457 e. The van der Waals surface area contributed by atoms with Gasteiger partial charge in [0.25, 0.3) is 0 Å². The molecule has 0 fully saturated rings. The summed E-state index contributed by atoms with van der Waals surface area (Å²) in [5.41, 5.74) is 3.46. The van der Waals surface area contributed by atoms with Crippen LogP contribution in [-0.4, -0.2) is 66.1 Å². The maximum atomic E-state index is 12.7. The highest BCUT2D eigenvalue weighted by atomic mass is 35.5. The van der Waals surface area contributed by atoms with Crippen LogP contribution in [0.1, 0.15) is 72.4 Å². The Kier molecular flexibility index (Phi) is 15.0. The van der Waals surface area contributed by atoms with Gasteiger partial charge in [-0.3, -0.25) is 9.59 Å². The summed E-state index contributed by atoms with van der Waals surface area (Å²) in [6.45, 7) is 13.8. The Hall–Kier alpha value is -1.96. The number of Topliss-reactive ketones (excluding diaryl/α,β-unsaturated/α-hetero) is 2. The monoisotopic (exact) mass is 526 g/mol. The van der Waals surface area contributed by atoms with Crippen molar-refractivity contribution in [2.24, 2.45) is 0 Å². The maximum absolute atomic E-state index is 12.7. The van der Waals surface area contributed by atoms with Gasteiger partial charge >= 0.3 is 0 Å². The number of rotatable bonds is 12. The number of benzene rings is 2. The second-order valence-electron chi connectivity index (χ2n) is 8.32. The Bertz CT molecular complexity index is 885. The van der Waals surface area contributed by atoms with Crippen LogP contribution in [0, 0.1) is 0 Å². The number of fused-ring (bicyclic) bond motifs is 2. The van der Waals surface area contributed by atoms with Crippen molar-refractivity contribution in [3.63, 3.8) is 0 Å². The highest BCUT2D eigenvalue weighted by molar-refractivity contribution is 5.97. The molecule has 0 saturated carbocycles.